The first-order valence-electron chi connectivity index (χ1n) is 8.43. The molecule has 31 heavy (non-hydrogen) atoms. The van der Waals surface area contributed by atoms with Crippen molar-refractivity contribution in [3.63, 3.8) is 0 Å². The molecule has 3 heterocycles. The molecule has 0 spiro atoms. The van der Waals surface area contributed by atoms with E-state index in [4.69, 9.17) is 23.2 Å². The minimum atomic E-state index is -4.91. The summed E-state index contributed by atoms with van der Waals surface area (Å²) in [4.78, 5) is 22.6. The van der Waals surface area contributed by atoms with Crippen molar-refractivity contribution in [1.29, 1.82) is 0 Å². The molecule has 3 aromatic heterocycles. The molecule has 13 heteroatoms. The Kier molecular flexibility index (Phi) is 5.50. The number of alkyl halides is 3. The second-order valence-corrected chi connectivity index (χ2v) is 8.22. The molecule has 0 aliphatic carbocycles. The van der Waals surface area contributed by atoms with Crippen LogP contribution in [-0.4, -0.2) is 29.5 Å². The fourth-order valence-electron chi connectivity index (χ4n) is 2.85. The lowest BCUT2D eigenvalue weighted by Crippen LogP contribution is -2.14. The van der Waals surface area contributed by atoms with E-state index in [1.54, 1.807) is 6.07 Å². The Balaban J connectivity index is 1.86. The predicted octanol–water partition coefficient (Wildman–Crippen LogP) is 4.80. The average molecular weight is 488 g/mol. The van der Waals surface area contributed by atoms with Crippen molar-refractivity contribution in [1.82, 2.24) is 19.4 Å². The maximum Gasteiger partial charge on any atom is 0.436 e. The van der Waals surface area contributed by atoms with Gasteiger partial charge >= 0.3 is 6.18 Å². The van der Waals surface area contributed by atoms with Crippen LogP contribution in [0.15, 0.2) is 59.1 Å². The van der Waals surface area contributed by atoms with Gasteiger partial charge in [-0.25, -0.2) is 14.2 Å². The van der Waals surface area contributed by atoms with E-state index in [1.807, 2.05) is 0 Å². The predicted molar refractivity (Wildman–Crippen MR) is 108 cm³/mol. The largest absolute Gasteiger partial charge is 0.436 e. The highest BCUT2D eigenvalue weighted by molar-refractivity contribution is 7.84. The highest BCUT2D eigenvalue weighted by Crippen LogP contribution is 2.36. The fourth-order valence-corrected chi connectivity index (χ4v) is 4.60. The molecule has 2 N–H and O–H groups in total. The SMILES string of the molecule is O=C(Nc1cccn2c(S(=O)c3ncc[nH]3)c(C(F)(F)F)nc12)c1c(Cl)cccc1Cl. The normalized spacial score (nSPS) is 12.8. The van der Waals surface area contributed by atoms with E-state index in [2.05, 4.69) is 20.3 Å². The third-order valence-corrected chi connectivity index (χ3v) is 6.08. The van der Waals surface area contributed by atoms with Crippen LogP contribution in [0.2, 0.25) is 10.0 Å². The number of amides is 1. The van der Waals surface area contributed by atoms with Crippen molar-refractivity contribution in [3.8, 4) is 0 Å². The molecule has 1 amide bonds. The van der Waals surface area contributed by atoms with Gasteiger partial charge < -0.3 is 10.3 Å². The van der Waals surface area contributed by atoms with E-state index < -0.39 is 33.6 Å². The number of hydrogen-bond acceptors (Lipinski definition) is 4. The first-order chi connectivity index (χ1) is 14.7. The highest BCUT2D eigenvalue weighted by Gasteiger charge is 2.41. The number of nitrogens with zero attached hydrogens (tertiary/aromatic N) is 3. The fraction of sp³-hybridized carbons (Fsp3) is 0.0556. The van der Waals surface area contributed by atoms with Gasteiger partial charge in [0, 0.05) is 18.6 Å². The molecular weight excluding hydrogens is 478 g/mol. The quantitative estimate of drug-likeness (QED) is 0.432. The van der Waals surface area contributed by atoms with Crippen LogP contribution in [0.4, 0.5) is 18.9 Å². The number of aromatic nitrogens is 4. The topological polar surface area (TPSA) is 92.2 Å². The molecule has 4 rings (SSSR count). The number of nitrogens with one attached hydrogen (secondary N) is 2. The van der Waals surface area contributed by atoms with Crippen LogP contribution in [0.3, 0.4) is 0 Å². The summed E-state index contributed by atoms with van der Waals surface area (Å²) in [6.45, 7) is 0. The number of H-pyrrole nitrogens is 1. The van der Waals surface area contributed by atoms with Crippen molar-refractivity contribution in [2.45, 2.75) is 16.4 Å². The van der Waals surface area contributed by atoms with Gasteiger partial charge in [0.05, 0.1) is 21.3 Å². The molecule has 0 aliphatic heterocycles. The van der Waals surface area contributed by atoms with Crippen LogP contribution in [0.5, 0.6) is 0 Å². The van der Waals surface area contributed by atoms with E-state index in [-0.39, 0.29) is 32.1 Å². The van der Waals surface area contributed by atoms with Gasteiger partial charge in [-0.05, 0) is 24.3 Å². The van der Waals surface area contributed by atoms with Gasteiger partial charge in [0.1, 0.15) is 10.8 Å². The third kappa shape index (κ3) is 3.91. The number of fused-ring (bicyclic) bond motifs is 1. The average Bonchev–Trinajstić information content (AvgIpc) is 3.36. The maximum atomic E-state index is 13.7. The molecular formula is C18H10Cl2F3N5O2S. The van der Waals surface area contributed by atoms with Gasteiger partial charge in [-0.2, -0.15) is 13.2 Å². The monoisotopic (exact) mass is 487 g/mol. The summed E-state index contributed by atoms with van der Waals surface area (Å²) >= 11 is 12.1. The van der Waals surface area contributed by atoms with Crippen molar-refractivity contribution < 1.29 is 22.2 Å². The summed E-state index contributed by atoms with van der Waals surface area (Å²) in [6, 6.07) is 7.17. The minimum Gasteiger partial charge on any atom is -0.337 e. The zero-order chi connectivity index (χ0) is 22.3. The second kappa shape index (κ2) is 7.98. The molecule has 160 valence electrons. The van der Waals surface area contributed by atoms with E-state index >= 15 is 0 Å². The third-order valence-electron chi connectivity index (χ3n) is 4.14. The number of pyridine rings is 1. The summed E-state index contributed by atoms with van der Waals surface area (Å²) in [5.41, 5.74) is -1.73. The summed E-state index contributed by atoms with van der Waals surface area (Å²) < 4.78 is 54.9. The van der Waals surface area contributed by atoms with Crippen molar-refractivity contribution in [3.05, 3.63) is 70.2 Å². The lowest BCUT2D eigenvalue weighted by molar-refractivity contribution is -0.143. The Hall–Kier alpha value is -2.89. The Morgan fingerprint density at radius 3 is 2.48 bits per heavy atom. The highest BCUT2D eigenvalue weighted by atomic mass is 35.5. The van der Waals surface area contributed by atoms with E-state index in [1.165, 1.54) is 42.9 Å². The molecule has 0 bridgehead atoms. The van der Waals surface area contributed by atoms with Crippen molar-refractivity contribution in [2.75, 3.05) is 5.32 Å². The molecule has 0 saturated carbocycles. The number of hydrogen-bond donors (Lipinski definition) is 2. The molecule has 0 fully saturated rings. The van der Waals surface area contributed by atoms with Crippen molar-refractivity contribution in [2.24, 2.45) is 0 Å². The number of carbonyl (C=O) groups excluding carboxylic acids is 1. The first kappa shape index (κ1) is 21.3. The van der Waals surface area contributed by atoms with Crippen LogP contribution < -0.4 is 5.32 Å². The Morgan fingerprint density at radius 1 is 1.16 bits per heavy atom. The minimum absolute atomic E-state index is 0.0465. The van der Waals surface area contributed by atoms with Gasteiger partial charge in [-0.15, -0.1) is 0 Å². The Labute approximate surface area is 184 Å². The summed E-state index contributed by atoms with van der Waals surface area (Å²) in [5.74, 6) is -0.742. The van der Waals surface area contributed by atoms with Gasteiger partial charge in [0.15, 0.2) is 16.4 Å². The van der Waals surface area contributed by atoms with E-state index in [9.17, 15) is 22.2 Å². The number of rotatable bonds is 4. The molecule has 7 nitrogen and oxygen atoms in total. The zero-order valence-corrected chi connectivity index (χ0v) is 17.4. The number of anilines is 1. The van der Waals surface area contributed by atoms with Crippen molar-refractivity contribution >= 4 is 51.2 Å². The molecule has 0 aliphatic rings. The number of aromatic amines is 1. The lowest BCUT2D eigenvalue weighted by Gasteiger charge is -2.09. The van der Waals surface area contributed by atoms with Crippen LogP contribution in [-0.2, 0) is 17.0 Å². The number of imidazole rings is 2. The molecule has 1 unspecified atom stereocenters. The number of halogens is 5. The smallest absolute Gasteiger partial charge is 0.337 e. The van der Waals surface area contributed by atoms with Crippen LogP contribution in [0.25, 0.3) is 5.65 Å². The second-order valence-electron chi connectivity index (χ2n) is 6.09. The van der Waals surface area contributed by atoms with Crippen LogP contribution >= 0.6 is 23.2 Å². The molecule has 1 atom stereocenters. The summed E-state index contributed by atoms with van der Waals surface area (Å²) in [6.07, 6.45) is -1.05. The number of benzene rings is 1. The molecule has 0 saturated heterocycles. The Morgan fingerprint density at radius 2 is 1.87 bits per heavy atom. The van der Waals surface area contributed by atoms with Gasteiger partial charge in [-0.3, -0.25) is 9.20 Å². The first-order valence-corrected chi connectivity index (χ1v) is 10.3. The summed E-state index contributed by atoms with van der Waals surface area (Å²) in [7, 11) is -2.32. The van der Waals surface area contributed by atoms with E-state index in [0.29, 0.717) is 0 Å². The zero-order valence-electron chi connectivity index (χ0n) is 15.1. The van der Waals surface area contributed by atoms with E-state index in [0.717, 1.165) is 4.40 Å². The number of carbonyl (C=O) groups is 1. The maximum absolute atomic E-state index is 13.7. The Bertz CT molecular complexity index is 1300. The lowest BCUT2D eigenvalue weighted by atomic mass is 10.2. The summed E-state index contributed by atoms with van der Waals surface area (Å²) in [5, 5.41) is 1.79. The molecule has 0 radical (unpaired) electrons. The van der Waals surface area contributed by atoms with Crippen LogP contribution in [0, 0.1) is 0 Å². The van der Waals surface area contributed by atoms with Crippen LogP contribution in [0.1, 0.15) is 16.1 Å². The molecule has 1 aromatic carbocycles. The van der Waals surface area contributed by atoms with Gasteiger partial charge in [0.25, 0.3) is 5.91 Å². The standard InChI is InChI=1S/C18H10Cl2F3N5O2S/c19-9-3-1-4-10(20)12(9)15(29)26-11-5-2-8-28-14(11)27-13(18(21,22)23)16(28)31(30)17-24-6-7-25-17/h1-8H,(H,24,25)(H,26,29). The molecule has 4 aromatic rings. The van der Waals surface area contributed by atoms with Gasteiger partial charge in [0.2, 0.25) is 5.16 Å². The van der Waals surface area contributed by atoms with Gasteiger partial charge in [-0.1, -0.05) is 29.3 Å².